The molecule has 0 radical (unpaired) electrons. The Balaban J connectivity index is 2.32. The predicted octanol–water partition coefficient (Wildman–Crippen LogP) is 7.04. The van der Waals surface area contributed by atoms with Gasteiger partial charge in [0.1, 0.15) is 0 Å². The molecular weight excluding hydrogens is 272 g/mol. The number of rotatable bonds is 10. The van der Waals surface area contributed by atoms with Gasteiger partial charge in [-0.15, -0.1) is 11.3 Å². The summed E-state index contributed by atoms with van der Waals surface area (Å²) in [5.74, 6) is 2.56. The molecule has 0 saturated carbocycles. The van der Waals surface area contributed by atoms with E-state index in [0.29, 0.717) is 0 Å². The lowest BCUT2D eigenvalue weighted by molar-refractivity contribution is 0.419. The molecule has 1 aromatic heterocycles. The average molecular weight is 309 g/mol. The molecular formula is C20H36S. The van der Waals surface area contributed by atoms with Crippen molar-refractivity contribution in [3.05, 3.63) is 21.4 Å². The molecule has 1 aromatic rings. The molecule has 0 aliphatic rings. The first kappa shape index (κ1) is 18.7. The van der Waals surface area contributed by atoms with Crippen molar-refractivity contribution in [1.29, 1.82) is 0 Å². The van der Waals surface area contributed by atoms with Crippen LogP contribution in [0.1, 0.15) is 82.0 Å². The van der Waals surface area contributed by atoms with Gasteiger partial charge in [-0.25, -0.2) is 0 Å². The van der Waals surface area contributed by atoms with Crippen LogP contribution in [0.4, 0.5) is 0 Å². The fourth-order valence-electron chi connectivity index (χ4n) is 2.88. The average Bonchev–Trinajstić information content (AvgIpc) is 2.75. The maximum Gasteiger partial charge on any atom is 0.00774 e. The monoisotopic (exact) mass is 308 g/mol. The summed E-state index contributed by atoms with van der Waals surface area (Å²) in [4.78, 5) is 3.22. The minimum absolute atomic E-state index is 0.773. The van der Waals surface area contributed by atoms with E-state index in [1.807, 2.05) is 0 Å². The molecule has 0 nitrogen and oxygen atoms in total. The fourth-order valence-corrected chi connectivity index (χ4v) is 4.29. The molecule has 2 unspecified atom stereocenters. The summed E-state index contributed by atoms with van der Waals surface area (Å²) >= 11 is 2.06. The molecule has 0 amide bonds. The molecule has 1 heterocycles. The first-order chi connectivity index (χ1) is 9.92. The lowest BCUT2D eigenvalue weighted by atomic mass is 9.94. The van der Waals surface area contributed by atoms with Crippen molar-refractivity contribution in [2.24, 2.45) is 17.8 Å². The van der Waals surface area contributed by atoms with E-state index >= 15 is 0 Å². The van der Waals surface area contributed by atoms with Crippen molar-refractivity contribution in [1.82, 2.24) is 0 Å². The van der Waals surface area contributed by atoms with Crippen molar-refractivity contribution in [3.63, 3.8) is 0 Å². The zero-order valence-corrected chi connectivity index (χ0v) is 16.0. The Morgan fingerprint density at radius 3 is 2.29 bits per heavy atom. The zero-order chi connectivity index (χ0) is 15.8. The van der Waals surface area contributed by atoms with E-state index in [1.165, 1.54) is 50.5 Å². The van der Waals surface area contributed by atoms with Crippen molar-refractivity contribution < 1.29 is 0 Å². The van der Waals surface area contributed by atoms with Crippen LogP contribution in [-0.4, -0.2) is 0 Å². The van der Waals surface area contributed by atoms with Crippen molar-refractivity contribution in [2.45, 2.75) is 86.5 Å². The Bertz CT molecular complexity index is 389. The molecule has 1 heteroatoms. The molecule has 0 aliphatic heterocycles. The molecule has 21 heavy (non-hydrogen) atoms. The summed E-state index contributed by atoms with van der Waals surface area (Å²) in [6.45, 7) is 14.1. The maximum absolute atomic E-state index is 2.44. The largest absolute Gasteiger partial charge is 0.145 e. The second kappa shape index (κ2) is 9.66. The number of thiophene rings is 1. The summed E-state index contributed by atoms with van der Waals surface area (Å²) in [6, 6.07) is 2.42. The van der Waals surface area contributed by atoms with E-state index in [2.05, 4.69) is 58.9 Å². The second-order valence-electron chi connectivity index (χ2n) is 7.51. The lowest BCUT2D eigenvalue weighted by Gasteiger charge is -2.13. The van der Waals surface area contributed by atoms with Gasteiger partial charge in [0.2, 0.25) is 0 Å². The quantitative estimate of drug-likeness (QED) is 0.435. The van der Waals surface area contributed by atoms with Gasteiger partial charge in [0.05, 0.1) is 0 Å². The summed E-state index contributed by atoms with van der Waals surface area (Å²) in [5.41, 5.74) is 1.53. The third-order valence-electron chi connectivity index (χ3n) is 4.64. The number of hydrogen-bond acceptors (Lipinski definition) is 1. The summed E-state index contributed by atoms with van der Waals surface area (Å²) in [6.07, 6.45) is 9.47. The Morgan fingerprint density at radius 1 is 1.00 bits per heavy atom. The maximum atomic E-state index is 2.44. The summed E-state index contributed by atoms with van der Waals surface area (Å²) < 4.78 is 0. The summed E-state index contributed by atoms with van der Waals surface area (Å²) in [7, 11) is 0. The highest BCUT2D eigenvalue weighted by molar-refractivity contribution is 7.12. The molecule has 0 aliphatic carbocycles. The minimum atomic E-state index is 0.773. The van der Waals surface area contributed by atoms with Crippen molar-refractivity contribution in [3.8, 4) is 0 Å². The Hall–Kier alpha value is -0.300. The molecule has 0 bridgehead atoms. The Morgan fingerprint density at radius 2 is 1.67 bits per heavy atom. The van der Waals surface area contributed by atoms with E-state index in [9.17, 15) is 0 Å². The first-order valence-electron chi connectivity index (χ1n) is 9.00. The van der Waals surface area contributed by atoms with E-state index in [-0.39, 0.29) is 0 Å². The molecule has 0 saturated heterocycles. The molecule has 2 atom stereocenters. The minimum Gasteiger partial charge on any atom is -0.145 e. The smallest absolute Gasteiger partial charge is 0.00774 e. The molecule has 0 fully saturated rings. The lowest BCUT2D eigenvalue weighted by Crippen LogP contribution is -1.99. The van der Waals surface area contributed by atoms with E-state index in [4.69, 9.17) is 0 Å². The van der Waals surface area contributed by atoms with Crippen LogP contribution in [0.5, 0.6) is 0 Å². The molecule has 1 rings (SSSR count). The topological polar surface area (TPSA) is 0 Å². The van der Waals surface area contributed by atoms with Gasteiger partial charge in [0.25, 0.3) is 0 Å². The van der Waals surface area contributed by atoms with E-state index in [1.54, 1.807) is 9.75 Å². The number of hydrogen-bond donors (Lipinski definition) is 0. The van der Waals surface area contributed by atoms with Crippen LogP contribution in [0.15, 0.2) is 6.07 Å². The zero-order valence-electron chi connectivity index (χ0n) is 15.2. The molecule has 0 N–H and O–H groups in total. The third kappa shape index (κ3) is 7.49. The second-order valence-corrected chi connectivity index (χ2v) is 8.73. The third-order valence-corrected chi connectivity index (χ3v) is 5.96. The highest BCUT2D eigenvalue weighted by Crippen LogP contribution is 2.27. The van der Waals surface area contributed by atoms with Crippen LogP contribution in [0.3, 0.4) is 0 Å². The molecule has 0 aromatic carbocycles. The van der Waals surface area contributed by atoms with Gasteiger partial charge >= 0.3 is 0 Å². The van der Waals surface area contributed by atoms with Gasteiger partial charge in [0, 0.05) is 9.75 Å². The van der Waals surface area contributed by atoms with Gasteiger partial charge in [-0.05, 0) is 55.6 Å². The summed E-state index contributed by atoms with van der Waals surface area (Å²) in [5, 5.41) is 0. The predicted molar refractivity (Wildman–Crippen MR) is 98.4 cm³/mol. The highest BCUT2D eigenvalue weighted by Gasteiger charge is 2.10. The van der Waals surface area contributed by atoms with Gasteiger partial charge < -0.3 is 0 Å². The van der Waals surface area contributed by atoms with Gasteiger partial charge in [-0.3, -0.25) is 0 Å². The van der Waals surface area contributed by atoms with Gasteiger partial charge in [0.15, 0.2) is 0 Å². The van der Waals surface area contributed by atoms with E-state index < -0.39 is 0 Å². The van der Waals surface area contributed by atoms with Crippen LogP contribution in [-0.2, 0) is 12.8 Å². The molecule has 122 valence electrons. The Labute approximate surface area is 137 Å². The number of aryl methyl sites for hydroxylation is 2. The van der Waals surface area contributed by atoms with Crippen molar-refractivity contribution in [2.75, 3.05) is 0 Å². The van der Waals surface area contributed by atoms with Gasteiger partial charge in [-0.1, -0.05) is 60.3 Å². The van der Waals surface area contributed by atoms with Crippen LogP contribution in [0.2, 0.25) is 0 Å². The van der Waals surface area contributed by atoms with Crippen molar-refractivity contribution >= 4 is 11.3 Å². The van der Waals surface area contributed by atoms with Gasteiger partial charge in [-0.2, -0.15) is 0 Å². The Kier molecular flexibility index (Phi) is 8.63. The van der Waals surface area contributed by atoms with Crippen LogP contribution in [0.25, 0.3) is 0 Å². The fraction of sp³-hybridized carbons (Fsp3) is 0.800. The first-order valence-corrected chi connectivity index (χ1v) is 9.82. The standard InChI is InChI=1S/C20H36S/c1-7-16(4)9-8-10-17(5)11-12-20-18(6)14-19(21-20)13-15(2)3/h14-17H,7-13H2,1-6H3. The van der Waals surface area contributed by atoms with Crippen LogP contribution >= 0.6 is 11.3 Å². The highest BCUT2D eigenvalue weighted by atomic mass is 32.1. The van der Waals surface area contributed by atoms with Crippen LogP contribution in [0, 0.1) is 24.7 Å². The molecule has 0 spiro atoms. The normalized spacial score (nSPS) is 14.6. The van der Waals surface area contributed by atoms with Crippen LogP contribution < -0.4 is 0 Å². The van der Waals surface area contributed by atoms with E-state index in [0.717, 1.165) is 17.8 Å². The SMILES string of the molecule is CCC(C)CCCC(C)CCc1sc(CC(C)C)cc1C.